The van der Waals surface area contributed by atoms with Gasteiger partial charge in [0.2, 0.25) is 0 Å². The van der Waals surface area contributed by atoms with Crippen LogP contribution in [0.4, 0.5) is 0 Å². The van der Waals surface area contributed by atoms with E-state index in [1.54, 1.807) is 31.1 Å². The number of carbonyl (C=O) groups is 2. The molecular weight excluding hydrogens is 713 g/mol. The lowest BCUT2D eigenvalue weighted by molar-refractivity contribution is -0.185. The van der Waals surface area contributed by atoms with Gasteiger partial charge in [-0.25, -0.2) is 14.3 Å². The predicted octanol–water partition coefficient (Wildman–Crippen LogP) is 4.67. The molecule has 14 nitrogen and oxygen atoms in total. The van der Waals surface area contributed by atoms with E-state index >= 15 is 0 Å². The Bertz CT molecular complexity index is 1560. The zero-order chi connectivity index (χ0) is 38.7. The molecule has 1 aliphatic carbocycles. The standard InChI is InChI=1S/C37H62N6O8Si2/c1-47-16-12-29-23-28(9-13-37(29,35(45)46)51-18-17-48-2)30-24-32(43-33(42-30)11-15-41-43)36(25-44)31(39-26-49-19-21-52(3,4)5)10-14-38-34(36)40-27-50-20-22-53(6,7)8/h10-11,14-15,24-25,28-29,34,39-40H,9,12-13,16-23,26-27H2,1-8H3,(H,45,46). The minimum absolute atomic E-state index is 0.119. The number of hydrogen-bond acceptors (Lipinski definition) is 12. The average molecular weight is 775 g/mol. The van der Waals surface area contributed by atoms with Crippen molar-refractivity contribution in [1.82, 2.24) is 25.2 Å². The van der Waals surface area contributed by atoms with Crippen molar-refractivity contribution < 1.29 is 38.4 Å². The van der Waals surface area contributed by atoms with Gasteiger partial charge in [-0.05, 0) is 49.9 Å². The lowest BCUT2D eigenvalue weighted by Gasteiger charge is -2.43. The Hall–Kier alpha value is -2.84. The van der Waals surface area contributed by atoms with E-state index in [9.17, 15) is 14.7 Å². The van der Waals surface area contributed by atoms with Crippen LogP contribution in [0.3, 0.4) is 0 Å². The maximum Gasteiger partial charge on any atom is 0.336 e. The van der Waals surface area contributed by atoms with Gasteiger partial charge in [0.25, 0.3) is 0 Å². The summed E-state index contributed by atoms with van der Waals surface area (Å²) < 4.78 is 30.5. The van der Waals surface area contributed by atoms with E-state index in [1.165, 1.54) is 0 Å². The van der Waals surface area contributed by atoms with Crippen LogP contribution in [0.2, 0.25) is 51.4 Å². The minimum Gasteiger partial charge on any atom is -0.479 e. The van der Waals surface area contributed by atoms with Crippen molar-refractivity contribution in [3.05, 3.63) is 41.5 Å². The van der Waals surface area contributed by atoms with Crippen molar-refractivity contribution in [3.8, 4) is 0 Å². The molecule has 5 unspecified atom stereocenters. The van der Waals surface area contributed by atoms with Crippen molar-refractivity contribution in [2.24, 2.45) is 10.9 Å². The summed E-state index contributed by atoms with van der Waals surface area (Å²) in [5.74, 6) is -1.46. The van der Waals surface area contributed by atoms with E-state index in [4.69, 9.17) is 33.7 Å². The number of aliphatic carboxylic acids is 1. The number of rotatable bonds is 23. The summed E-state index contributed by atoms with van der Waals surface area (Å²) in [6, 6.07) is 5.78. The molecule has 3 N–H and O–H groups in total. The van der Waals surface area contributed by atoms with Gasteiger partial charge in [-0.15, -0.1) is 0 Å². The Morgan fingerprint density at radius 3 is 2.36 bits per heavy atom. The molecule has 2 aliphatic rings. The number of hydrogen-bond donors (Lipinski definition) is 3. The van der Waals surface area contributed by atoms with Crippen LogP contribution in [0, 0.1) is 5.92 Å². The molecule has 0 radical (unpaired) electrons. The van der Waals surface area contributed by atoms with E-state index < -0.39 is 39.3 Å². The molecule has 0 aromatic carbocycles. The van der Waals surface area contributed by atoms with Crippen LogP contribution in [0.15, 0.2) is 35.1 Å². The number of carbonyl (C=O) groups excluding carboxylic acids is 1. The summed E-state index contributed by atoms with van der Waals surface area (Å²) in [6.07, 6.45) is 7.18. The van der Waals surface area contributed by atoms with Gasteiger partial charge in [-0.3, -0.25) is 10.3 Å². The van der Waals surface area contributed by atoms with E-state index in [1.807, 2.05) is 18.2 Å². The van der Waals surface area contributed by atoms with Gasteiger partial charge < -0.3 is 38.9 Å². The number of aliphatic imine (C=N–C) groups is 1. The fraction of sp³-hybridized carbons (Fsp3) is 0.703. The summed E-state index contributed by atoms with van der Waals surface area (Å²) in [5, 5.41) is 22.0. The topological polar surface area (TPSA) is 167 Å². The van der Waals surface area contributed by atoms with Crippen molar-refractivity contribution in [2.45, 2.75) is 100 Å². The van der Waals surface area contributed by atoms with Crippen molar-refractivity contribution in [1.29, 1.82) is 0 Å². The van der Waals surface area contributed by atoms with E-state index in [0.29, 0.717) is 62.7 Å². The Balaban J connectivity index is 1.73. The molecule has 16 heteroatoms. The summed E-state index contributed by atoms with van der Waals surface area (Å²) >= 11 is 0. The number of aldehydes is 1. The van der Waals surface area contributed by atoms with E-state index in [2.05, 4.69) is 55.0 Å². The number of methoxy groups -OCH3 is 2. The van der Waals surface area contributed by atoms with Gasteiger partial charge in [0, 0.05) is 85.7 Å². The summed E-state index contributed by atoms with van der Waals surface area (Å²) in [5.41, 5.74) is -0.225. The Labute approximate surface area is 316 Å². The zero-order valence-electron chi connectivity index (χ0n) is 33.0. The third-order valence-electron chi connectivity index (χ3n) is 10.3. The highest BCUT2D eigenvalue weighted by Gasteiger charge is 2.52. The molecule has 296 valence electrons. The molecule has 1 saturated carbocycles. The second-order valence-electron chi connectivity index (χ2n) is 16.5. The number of fused-ring (bicyclic) bond motifs is 1. The molecular formula is C37H62N6O8Si2. The number of carboxylic acid groups (broad SMARTS) is 1. The van der Waals surface area contributed by atoms with Crippen LogP contribution in [0.5, 0.6) is 0 Å². The smallest absolute Gasteiger partial charge is 0.336 e. The minimum atomic E-state index is -1.38. The van der Waals surface area contributed by atoms with Crippen LogP contribution in [-0.2, 0) is 38.7 Å². The maximum absolute atomic E-state index is 13.8. The first-order chi connectivity index (χ1) is 25.2. The Morgan fingerprint density at radius 2 is 1.72 bits per heavy atom. The second kappa shape index (κ2) is 19.2. The predicted molar refractivity (Wildman–Crippen MR) is 210 cm³/mol. The molecule has 0 amide bonds. The summed E-state index contributed by atoms with van der Waals surface area (Å²) in [6.45, 7) is 16.3. The number of carboxylic acids is 1. The second-order valence-corrected chi connectivity index (χ2v) is 27.8. The largest absolute Gasteiger partial charge is 0.479 e. The van der Waals surface area contributed by atoms with Crippen LogP contribution in [0.25, 0.3) is 5.65 Å². The average Bonchev–Trinajstić information content (AvgIpc) is 3.58. The molecule has 2 aromatic heterocycles. The number of ether oxygens (including phenoxy) is 5. The zero-order valence-corrected chi connectivity index (χ0v) is 35.0. The van der Waals surface area contributed by atoms with Crippen LogP contribution < -0.4 is 10.6 Å². The highest BCUT2D eigenvalue weighted by Crippen LogP contribution is 2.46. The van der Waals surface area contributed by atoms with E-state index in [0.717, 1.165) is 24.1 Å². The molecule has 0 spiro atoms. The third kappa shape index (κ3) is 10.9. The van der Waals surface area contributed by atoms with Gasteiger partial charge in [0.1, 0.15) is 24.6 Å². The van der Waals surface area contributed by atoms with Gasteiger partial charge in [0.05, 0.1) is 31.8 Å². The Kier molecular flexibility index (Phi) is 15.5. The molecule has 53 heavy (non-hydrogen) atoms. The van der Waals surface area contributed by atoms with Crippen molar-refractivity contribution >= 4 is 40.3 Å². The Morgan fingerprint density at radius 1 is 1.02 bits per heavy atom. The fourth-order valence-corrected chi connectivity index (χ4v) is 8.57. The van der Waals surface area contributed by atoms with Crippen LogP contribution in [-0.4, -0.2) is 127 Å². The SMILES string of the molecule is COCCOC1(C(=O)O)CCC(c2cc(C3(C=O)C(NCOCC[Si](C)(C)C)=CC=NC3NCOCC[Si](C)(C)C)n3nccc3n2)CC1CCOC. The first kappa shape index (κ1) is 42.9. The molecule has 5 atom stereocenters. The number of dihydropyridines is 1. The molecule has 2 aromatic rings. The quantitative estimate of drug-likeness (QED) is 0.0619. The normalized spacial score (nSPS) is 25.1. The first-order valence-corrected chi connectivity index (χ1v) is 26.2. The van der Waals surface area contributed by atoms with Crippen LogP contribution in [0.1, 0.15) is 43.0 Å². The molecule has 0 bridgehead atoms. The fourth-order valence-electron chi connectivity index (χ4n) is 7.06. The maximum atomic E-state index is 13.8. The molecule has 0 saturated heterocycles. The van der Waals surface area contributed by atoms with Crippen LogP contribution >= 0.6 is 0 Å². The lowest BCUT2D eigenvalue weighted by atomic mass is 9.68. The molecule has 1 fully saturated rings. The number of aromatic nitrogens is 3. The van der Waals surface area contributed by atoms with Gasteiger partial charge >= 0.3 is 5.97 Å². The molecule has 3 heterocycles. The third-order valence-corrected chi connectivity index (χ3v) is 13.7. The van der Waals surface area contributed by atoms with Crippen molar-refractivity contribution in [2.75, 3.05) is 60.7 Å². The van der Waals surface area contributed by atoms with Gasteiger partial charge in [-0.2, -0.15) is 5.10 Å². The van der Waals surface area contributed by atoms with Crippen molar-refractivity contribution in [3.63, 3.8) is 0 Å². The highest BCUT2D eigenvalue weighted by atomic mass is 28.3. The summed E-state index contributed by atoms with van der Waals surface area (Å²) in [4.78, 5) is 36.5. The van der Waals surface area contributed by atoms with E-state index in [-0.39, 0.29) is 38.3 Å². The lowest BCUT2D eigenvalue weighted by Crippen LogP contribution is -2.56. The number of allylic oxidation sites excluding steroid dienone is 1. The molecule has 4 rings (SSSR count). The van der Waals surface area contributed by atoms with Gasteiger partial charge in [0.15, 0.2) is 11.2 Å². The first-order valence-electron chi connectivity index (χ1n) is 18.7. The highest BCUT2D eigenvalue weighted by molar-refractivity contribution is 6.76. The number of nitrogens with one attached hydrogen (secondary N) is 2. The number of nitrogens with zero attached hydrogens (tertiary/aromatic N) is 4. The monoisotopic (exact) mass is 774 g/mol. The molecule has 1 aliphatic heterocycles. The summed E-state index contributed by atoms with van der Waals surface area (Å²) in [7, 11) is 0.573. The van der Waals surface area contributed by atoms with Gasteiger partial charge in [-0.1, -0.05) is 39.3 Å².